The second-order valence-electron chi connectivity index (χ2n) is 8.13. The lowest BCUT2D eigenvalue weighted by Crippen LogP contribution is -2.28. The maximum atomic E-state index is 10.9. The van der Waals surface area contributed by atoms with Gasteiger partial charge in [-0.15, -0.1) is 0 Å². The fourth-order valence-corrected chi connectivity index (χ4v) is 3.95. The van der Waals surface area contributed by atoms with Crippen LogP contribution in [0, 0.1) is 5.92 Å². The molecule has 0 saturated heterocycles. The molecule has 0 bridgehead atoms. The smallest absolute Gasteiger partial charge is 0.325 e. The van der Waals surface area contributed by atoms with Crippen LogP contribution in [0.1, 0.15) is 31.2 Å². The van der Waals surface area contributed by atoms with Crippen LogP contribution in [-0.2, 0) is 16.8 Å². The van der Waals surface area contributed by atoms with Crippen molar-refractivity contribution in [2.75, 3.05) is 5.73 Å². The van der Waals surface area contributed by atoms with Gasteiger partial charge < -0.3 is 15.4 Å². The summed E-state index contributed by atoms with van der Waals surface area (Å²) in [6.07, 6.45) is 8.69. The number of aliphatic carboxylic acids is 1. The summed E-state index contributed by atoms with van der Waals surface area (Å²) < 4.78 is 6.85. The zero-order valence-corrected chi connectivity index (χ0v) is 17.3. The Kier molecular flexibility index (Phi) is 4.69. The van der Waals surface area contributed by atoms with E-state index >= 15 is 0 Å². The van der Waals surface area contributed by atoms with Crippen LogP contribution in [0.15, 0.2) is 53.6 Å². The highest BCUT2D eigenvalue weighted by Crippen LogP contribution is 2.50. The Balaban J connectivity index is 1.45. The predicted octanol–water partition coefficient (Wildman–Crippen LogP) is 2.77. The molecule has 1 aromatic carbocycles. The van der Waals surface area contributed by atoms with Crippen molar-refractivity contribution in [3.05, 3.63) is 60.4 Å². The molecule has 0 radical (unpaired) electrons. The molecular weight excluding hydrogens is 410 g/mol. The van der Waals surface area contributed by atoms with Crippen LogP contribution < -0.4 is 5.73 Å². The van der Waals surface area contributed by atoms with Gasteiger partial charge in [0, 0.05) is 24.2 Å². The third-order valence-corrected chi connectivity index (χ3v) is 5.95. The minimum absolute atomic E-state index is 0.230. The van der Waals surface area contributed by atoms with Crippen LogP contribution in [0.5, 0.6) is 0 Å². The monoisotopic (exact) mass is 431 g/mol. The third kappa shape index (κ3) is 3.59. The van der Waals surface area contributed by atoms with E-state index in [1.54, 1.807) is 18.6 Å². The highest BCUT2D eigenvalue weighted by Gasteiger charge is 2.47. The summed E-state index contributed by atoms with van der Waals surface area (Å²) in [6, 6.07) is 8.21. The zero-order valence-electron chi connectivity index (χ0n) is 17.3. The molecule has 5 rings (SSSR count). The maximum Gasteiger partial charge on any atom is 0.325 e. The lowest BCUT2D eigenvalue weighted by atomic mass is 9.77. The maximum absolute atomic E-state index is 10.9. The van der Waals surface area contributed by atoms with Crippen molar-refractivity contribution in [3.8, 4) is 22.6 Å². The molecule has 32 heavy (non-hydrogen) atoms. The standard InChI is InChI=1S/C22H21N7O3/c1-22(17-6-7-17,16-4-2-13(3-5-16)14-8-24-21(23)25-9-14)20-27-19(32-28-20)15-10-26-29(11-15)12-18(30)31/h2-5,8-11,17H,6-7,12H2,1H3,(H,30,31)(H2,23,24,25)/t22-/m0/s1. The number of rotatable bonds is 7. The Morgan fingerprint density at radius 1 is 1.16 bits per heavy atom. The highest BCUT2D eigenvalue weighted by molar-refractivity contribution is 5.66. The normalized spacial score (nSPS) is 15.4. The summed E-state index contributed by atoms with van der Waals surface area (Å²) in [5, 5.41) is 17.3. The fourth-order valence-electron chi connectivity index (χ4n) is 3.95. The first-order valence-corrected chi connectivity index (χ1v) is 10.2. The van der Waals surface area contributed by atoms with E-state index in [1.807, 2.05) is 12.1 Å². The van der Waals surface area contributed by atoms with E-state index in [-0.39, 0.29) is 12.5 Å². The van der Waals surface area contributed by atoms with Crippen LogP contribution in [0.3, 0.4) is 0 Å². The van der Waals surface area contributed by atoms with Gasteiger partial charge in [-0.05, 0) is 36.8 Å². The lowest BCUT2D eigenvalue weighted by Gasteiger charge is -2.27. The Hall–Kier alpha value is -4.08. The molecule has 3 aromatic heterocycles. The molecule has 10 nitrogen and oxygen atoms in total. The van der Waals surface area contributed by atoms with Gasteiger partial charge in [-0.2, -0.15) is 10.1 Å². The van der Waals surface area contributed by atoms with E-state index < -0.39 is 11.4 Å². The molecule has 4 aromatic rings. The van der Waals surface area contributed by atoms with Crippen molar-refractivity contribution in [2.45, 2.75) is 31.7 Å². The van der Waals surface area contributed by atoms with Crippen LogP contribution in [0.2, 0.25) is 0 Å². The summed E-state index contributed by atoms with van der Waals surface area (Å²) in [4.78, 5) is 23.7. The predicted molar refractivity (Wildman–Crippen MR) is 114 cm³/mol. The summed E-state index contributed by atoms with van der Waals surface area (Å²) in [5.74, 6) is 0.603. The second-order valence-corrected chi connectivity index (χ2v) is 8.13. The number of nitrogen functional groups attached to an aromatic ring is 1. The van der Waals surface area contributed by atoms with Gasteiger partial charge in [-0.25, -0.2) is 9.97 Å². The number of carboxylic acids is 1. The molecule has 1 atom stereocenters. The van der Waals surface area contributed by atoms with Crippen molar-refractivity contribution < 1.29 is 14.4 Å². The second kappa shape index (κ2) is 7.56. The van der Waals surface area contributed by atoms with Crippen molar-refractivity contribution in [1.82, 2.24) is 29.9 Å². The number of hydrogen-bond acceptors (Lipinski definition) is 8. The molecule has 1 aliphatic carbocycles. The molecule has 0 amide bonds. The highest BCUT2D eigenvalue weighted by atomic mass is 16.5. The van der Waals surface area contributed by atoms with Gasteiger partial charge in [0.05, 0.1) is 17.2 Å². The molecule has 0 aliphatic heterocycles. The minimum Gasteiger partial charge on any atom is -0.480 e. The average Bonchev–Trinajstić information content (AvgIpc) is 3.35. The number of benzene rings is 1. The number of nitrogens with zero attached hydrogens (tertiary/aromatic N) is 6. The van der Waals surface area contributed by atoms with E-state index in [9.17, 15) is 4.79 Å². The molecule has 0 spiro atoms. The molecule has 1 fully saturated rings. The fraction of sp³-hybridized carbons (Fsp3) is 0.273. The summed E-state index contributed by atoms with van der Waals surface area (Å²) in [5.41, 5.74) is 8.73. The number of nitrogens with two attached hydrogens (primary N) is 1. The largest absolute Gasteiger partial charge is 0.480 e. The minimum atomic E-state index is -0.971. The van der Waals surface area contributed by atoms with Gasteiger partial charge in [0.15, 0.2) is 5.82 Å². The number of hydrogen-bond donors (Lipinski definition) is 2. The third-order valence-electron chi connectivity index (χ3n) is 5.95. The van der Waals surface area contributed by atoms with Crippen LogP contribution >= 0.6 is 0 Å². The molecule has 1 aliphatic rings. The topological polar surface area (TPSA) is 146 Å². The zero-order chi connectivity index (χ0) is 22.3. The van der Waals surface area contributed by atoms with Gasteiger partial charge in [0.25, 0.3) is 5.89 Å². The average molecular weight is 431 g/mol. The quantitative estimate of drug-likeness (QED) is 0.451. The molecule has 0 unspecified atom stereocenters. The molecule has 3 heterocycles. The molecule has 10 heteroatoms. The Labute approximate surface area is 183 Å². The number of anilines is 1. The van der Waals surface area contributed by atoms with Gasteiger partial charge in [0.2, 0.25) is 5.95 Å². The summed E-state index contributed by atoms with van der Waals surface area (Å²) in [6.45, 7) is 1.90. The van der Waals surface area contributed by atoms with E-state index in [0.29, 0.717) is 23.2 Å². The van der Waals surface area contributed by atoms with Crippen LogP contribution in [-0.4, -0.2) is 41.0 Å². The summed E-state index contributed by atoms with van der Waals surface area (Å²) >= 11 is 0. The van der Waals surface area contributed by atoms with Crippen molar-refractivity contribution in [3.63, 3.8) is 0 Å². The number of aromatic nitrogens is 6. The first kappa shape index (κ1) is 19.9. The number of carbonyl (C=O) groups is 1. The molecule has 162 valence electrons. The van der Waals surface area contributed by atoms with E-state index in [0.717, 1.165) is 29.5 Å². The SMILES string of the molecule is C[C@@](c1ccc(-c2cnc(N)nc2)cc1)(c1noc(-c2cnn(CC(=O)O)c2)n1)C1CC1. The Morgan fingerprint density at radius 3 is 2.53 bits per heavy atom. The van der Waals surface area contributed by atoms with Crippen LogP contribution in [0.25, 0.3) is 22.6 Å². The van der Waals surface area contributed by atoms with E-state index in [1.165, 1.54) is 10.9 Å². The molecular formula is C22H21N7O3. The van der Waals surface area contributed by atoms with E-state index in [2.05, 4.69) is 44.3 Å². The van der Waals surface area contributed by atoms with Crippen molar-refractivity contribution in [1.29, 1.82) is 0 Å². The molecule has 1 saturated carbocycles. The van der Waals surface area contributed by atoms with Gasteiger partial charge >= 0.3 is 5.97 Å². The molecule has 3 N–H and O–H groups in total. The van der Waals surface area contributed by atoms with Gasteiger partial charge in [-0.1, -0.05) is 29.4 Å². The van der Waals surface area contributed by atoms with Crippen molar-refractivity contribution in [2.24, 2.45) is 5.92 Å². The number of carboxylic acid groups (broad SMARTS) is 1. The summed E-state index contributed by atoms with van der Waals surface area (Å²) in [7, 11) is 0. The van der Waals surface area contributed by atoms with Crippen LogP contribution in [0.4, 0.5) is 5.95 Å². The Bertz CT molecular complexity index is 1260. The van der Waals surface area contributed by atoms with Gasteiger partial charge in [-0.3, -0.25) is 9.48 Å². The Morgan fingerprint density at radius 2 is 1.88 bits per heavy atom. The van der Waals surface area contributed by atoms with Gasteiger partial charge in [0.1, 0.15) is 6.54 Å². The van der Waals surface area contributed by atoms with Crippen molar-refractivity contribution >= 4 is 11.9 Å². The lowest BCUT2D eigenvalue weighted by molar-refractivity contribution is -0.137. The van der Waals surface area contributed by atoms with E-state index in [4.69, 9.17) is 15.4 Å². The first-order chi connectivity index (χ1) is 15.4. The first-order valence-electron chi connectivity index (χ1n) is 10.2.